The van der Waals surface area contributed by atoms with E-state index in [9.17, 15) is 19.3 Å². The molecular formula is C11H9FN4O3. The molecule has 0 aliphatic heterocycles. The summed E-state index contributed by atoms with van der Waals surface area (Å²) in [5, 5.41) is 19.4. The molecule has 0 aliphatic carbocycles. The predicted octanol–water partition coefficient (Wildman–Crippen LogP) is 2.02. The number of aromatic nitrogens is 2. The quantitative estimate of drug-likeness (QED) is 0.654. The zero-order chi connectivity index (χ0) is 14.0. The summed E-state index contributed by atoms with van der Waals surface area (Å²) in [4.78, 5) is 21.5. The van der Waals surface area contributed by atoms with E-state index in [0.29, 0.717) is 0 Å². The van der Waals surface area contributed by atoms with E-state index in [0.717, 1.165) is 23.9 Å². The number of nitro benzene ring substituents is 1. The minimum absolute atomic E-state index is 0.0197. The zero-order valence-electron chi connectivity index (χ0n) is 9.81. The molecule has 0 fully saturated rings. The number of nitro groups is 1. The summed E-state index contributed by atoms with van der Waals surface area (Å²) in [6, 6.07) is 4.51. The fourth-order valence-electron chi connectivity index (χ4n) is 1.46. The van der Waals surface area contributed by atoms with Crippen molar-refractivity contribution in [1.29, 1.82) is 0 Å². The van der Waals surface area contributed by atoms with Crippen LogP contribution in [0.3, 0.4) is 0 Å². The van der Waals surface area contributed by atoms with Gasteiger partial charge in [0.05, 0.1) is 4.92 Å². The number of hydrogen-bond acceptors (Lipinski definition) is 4. The van der Waals surface area contributed by atoms with Crippen molar-refractivity contribution in [2.24, 2.45) is 0 Å². The maximum Gasteiger partial charge on any atom is 0.305 e. The molecule has 2 rings (SSSR count). The van der Waals surface area contributed by atoms with Crippen LogP contribution < -0.4 is 5.32 Å². The van der Waals surface area contributed by atoms with Gasteiger partial charge in [-0.3, -0.25) is 20.0 Å². The Balaban J connectivity index is 2.24. The highest BCUT2D eigenvalue weighted by Gasteiger charge is 2.17. The van der Waals surface area contributed by atoms with Crippen LogP contribution >= 0.6 is 0 Å². The van der Waals surface area contributed by atoms with Gasteiger partial charge in [-0.1, -0.05) is 0 Å². The molecule has 1 aromatic carbocycles. The molecule has 0 saturated carbocycles. The summed E-state index contributed by atoms with van der Waals surface area (Å²) < 4.78 is 13.1. The number of aromatic amines is 1. The van der Waals surface area contributed by atoms with Gasteiger partial charge in [-0.25, -0.2) is 0 Å². The average Bonchev–Trinajstić information content (AvgIpc) is 2.74. The van der Waals surface area contributed by atoms with Gasteiger partial charge in [0, 0.05) is 23.4 Å². The van der Waals surface area contributed by atoms with Crippen molar-refractivity contribution >= 4 is 17.4 Å². The van der Waals surface area contributed by atoms with Crippen LogP contribution in [-0.4, -0.2) is 21.0 Å². The Hall–Kier alpha value is -2.77. The number of rotatable bonds is 3. The highest BCUT2D eigenvalue weighted by molar-refractivity contribution is 6.04. The number of nitrogens with zero attached hydrogens (tertiary/aromatic N) is 2. The van der Waals surface area contributed by atoms with Crippen LogP contribution in [0.1, 0.15) is 16.1 Å². The van der Waals surface area contributed by atoms with E-state index < -0.39 is 22.3 Å². The Labute approximate surface area is 106 Å². The maximum atomic E-state index is 13.1. The van der Waals surface area contributed by atoms with E-state index in [1.165, 1.54) is 0 Å². The number of nitrogens with one attached hydrogen (secondary N) is 2. The van der Waals surface area contributed by atoms with Crippen molar-refractivity contribution in [2.45, 2.75) is 6.92 Å². The molecule has 0 radical (unpaired) electrons. The SMILES string of the molecule is Cc1cc(NC(=O)c2ccc(F)c([N+](=O)[O-])c2)n[nH]1. The number of anilines is 1. The molecule has 7 nitrogen and oxygen atoms in total. The van der Waals surface area contributed by atoms with Gasteiger partial charge < -0.3 is 5.32 Å². The lowest BCUT2D eigenvalue weighted by molar-refractivity contribution is -0.387. The van der Waals surface area contributed by atoms with Gasteiger partial charge in [0.25, 0.3) is 5.91 Å². The fourth-order valence-corrected chi connectivity index (χ4v) is 1.46. The Morgan fingerprint density at radius 1 is 1.47 bits per heavy atom. The summed E-state index contributed by atoms with van der Waals surface area (Å²) in [6.45, 7) is 1.76. The number of benzene rings is 1. The molecule has 0 spiro atoms. The summed E-state index contributed by atoms with van der Waals surface area (Å²) in [6.07, 6.45) is 0. The standard InChI is InChI=1S/C11H9FN4O3/c1-6-4-10(15-14-6)13-11(17)7-2-3-8(12)9(5-7)16(18)19/h2-5H,1H3,(H2,13,14,15,17). The van der Waals surface area contributed by atoms with Gasteiger partial charge >= 0.3 is 5.69 Å². The first-order valence-electron chi connectivity index (χ1n) is 5.24. The summed E-state index contributed by atoms with van der Waals surface area (Å²) >= 11 is 0. The number of H-pyrrole nitrogens is 1. The molecular weight excluding hydrogens is 255 g/mol. The van der Waals surface area contributed by atoms with E-state index in [4.69, 9.17) is 0 Å². The van der Waals surface area contributed by atoms with E-state index in [2.05, 4.69) is 15.5 Å². The fraction of sp³-hybridized carbons (Fsp3) is 0.0909. The van der Waals surface area contributed by atoms with Gasteiger partial charge in [0.1, 0.15) is 0 Å². The van der Waals surface area contributed by atoms with Crippen LogP contribution in [-0.2, 0) is 0 Å². The molecule has 0 aliphatic rings. The highest BCUT2D eigenvalue weighted by Crippen LogP contribution is 2.19. The molecule has 1 aromatic heterocycles. The van der Waals surface area contributed by atoms with Crippen LogP contribution in [0.25, 0.3) is 0 Å². The van der Waals surface area contributed by atoms with Gasteiger partial charge in [-0.15, -0.1) is 0 Å². The first-order valence-corrected chi connectivity index (χ1v) is 5.24. The molecule has 1 amide bonds. The highest BCUT2D eigenvalue weighted by atomic mass is 19.1. The van der Waals surface area contributed by atoms with Crippen molar-refractivity contribution in [1.82, 2.24) is 10.2 Å². The lowest BCUT2D eigenvalue weighted by Gasteiger charge is -2.02. The molecule has 1 heterocycles. The molecule has 0 atom stereocenters. The molecule has 2 aromatic rings. The second-order valence-electron chi connectivity index (χ2n) is 3.81. The lowest BCUT2D eigenvalue weighted by Crippen LogP contribution is -2.12. The van der Waals surface area contributed by atoms with Crippen LogP contribution in [0.2, 0.25) is 0 Å². The zero-order valence-corrected chi connectivity index (χ0v) is 9.81. The van der Waals surface area contributed by atoms with Gasteiger partial charge in [0.2, 0.25) is 5.82 Å². The van der Waals surface area contributed by atoms with Gasteiger partial charge in [0.15, 0.2) is 5.82 Å². The second-order valence-corrected chi connectivity index (χ2v) is 3.81. The van der Waals surface area contributed by atoms with E-state index in [1.807, 2.05) is 0 Å². The van der Waals surface area contributed by atoms with Crippen molar-refractivity contribution in [3.8, 4) is 0 Å². The Bertz CT molecular complexity index is 653. The number of hydrogen-bond donors (Lipinski definition) is 2. The van der Waals surface area contributed by atoms with Crippen molar-refractivity contribution in [3.63, 3.8) is 0 Å². The minimum atomic E-state index is -0.989. The lowest BCUT2D eigenvalue weighted by atomic mass is 10.2. The molecule has 8 heteroatoms. The topological polar surface area (TPSA) is 101 Å². The smallest absolute Gasteiger partial charge is 0.305 e. The summed E-state index contributed by atoms with van der Waals surface area (Å²) in [5.74, 6) is -1.30. The van der Waals surface area contributed by atoms with E-state index in [-0.39, 0.29) is 11.4 Å². The van der Waals surface area contributed by atoms with Crippen LogP contribution in [0.5, 0.6) is 0 Å². The normalized spacial score (nSPS) is 10.2. The number of amides is 1. The first kappa shape index (κ1) is 12.7. The number of carbonyl (C=O) groups is 1. The maximum absolute atomic E-state index is 13.1. The molecule has 0 unspecified atom stereocenters. The third-order valence-electron chi connectivity index (χ3n) is 2.35. The van der Waals surface area contributed by atoms with Crippen LogP contribution in [0.15, 0.2) is 24.3 Å². The monoisotopic (exact) mass is 264 g/mol. The largest absolute Gasteiger partial charge is 0.305 e. The molecule has 2 N–H and O–H groups in total. The molecule has 0 bridgehead atoms. The van der Waals surface area contributed by atoms with Crippen molar-refractivity contribution in [2.75, 3.05) is 5.32 Å². The van der Waals surface area contributed by atoms with E-state index in [1.54, 1.807) is 13.0 Å². The van der Waals surface area contributed by atoms with Gasteiger partial charge in [-0.05, 0) is 19.1 Å². The minimum Gasteiger partial charge on any atom is -0.305 e. The predicted molar refractivity (Wildman–Crippen MR) is 64.3 cm³/mol. The Morgan fingerprint density at radius 3 is 2.79 bits per heavy atom. The Kier molecular flexibility index (Phi) is 3.23. The third-order valence-corrected chi connectivity index (χ3v) is 2.35. The number of aryl methyl sites for hydroxylation is 1. The van der Waals surface area contributed by atoms with Gasteiger partial charge in [-0.2, -0.15) is 9.49 Å². The van der Waals surface area contributed by atoms with Crippen molar-refractivity contribution < 1.29 is 14.1 Å². The summed E-state index contributed by atoms with van der Waals surface area (Å²) in [7, 11) is 0. The first-order chi connectivity index (χ1) is 8.97. The van der Waals surface area contributed by atoms with Crippen molar-refractivity contribution in [3.05, 3.63) is 51.5 Å². The van der Waals surface area contributed by atoms with E-state index >= 15 is 0 Å². The molecule has 19 heavy (non-hydrogen) atoms. The third kappa shape index (κ3) is 2.73. The molecule has 0 saturated heterocycles. The second kappa shape index (κ2) is 4.84. The van der Waals surface area contributed by atoms with Crippen LogP contribution in [0.4, 0.5) is 15.9 Å². The molecule has 98 valence electrons. The Morgan fingerprint density at radius 2 is 2.21 bits per heavy atom. The van der Waals surface area contributed by atoms with Crippen LogP contribution in [0, 0.1) is 22.9 Å². The average molecular weight is 264 g/mol. The summed E-state index contributed by atoms with van der Waals surface area (Å²) in [5.41, 5.74) is -0.0139. The number of carbonyl (C=O) groups excluding carboxylic acids is 1. The number of halogens is 1.